The summed E-state index contributed by atoms with van der Waals surface area (Å²) in [6.45, 7) is 0. The molecule has 2 aliphatic carbocycles. The average molecular weight is 460 g/mol. The zero-order valence-electron chi connectivity index (χ0n) is 18.8. The van der Waals surface area contributed by atoms with Gasteiger partial charge in [0.05, 0.1) is 26.0 Å². The number of methoxy groups -OCH3 is 2. The number of hydrogen-bond donors (Lipinski definition) is 0. The van der Waals surface area contributed by atoms with Crippen LogP contribution in [0.15, 0.2) is 59.6 Å². The molecule has 0 unspecified atom stereocenters. The predicted molar refractivity (Wildman–Crippen MR) is 133 cm³/mol. The number of ketones is 1. The topological polar surface area (TPSA) is 47.9 Å². The average Bonchev–Trinajstić information content (AvgIpc) is 3.14. The zero-order chi connectivity index (χ0) is 21.8. The molecule has 0 aromatic heterocycles. The van der Waals surface area contributed by atoms with Gasteiger partial charge in [0.2, 0.25) is 0 Å². The van der Waals surface area contributed by atoms with E-state index in [1.165, 1.54) is 18.4 Å². The van der Waals surface area contributed by atoms with Gasteiger partial charge in [-0.2, -0.15) is 0 Å². The number of nitrogens with zero attached hydrogens (tertiary/aromatic N) is 1. The van der Waals surface area contributed by atoms with E-state index >= 15 is 0 Å². The van der Waals surface area contributed by atoms with E-state index in [2.05, 4.69) is 24.3 Å². The molecule has 3 aromatic rings. The van der Waals surface area contributed by atoms with Crippen molar-refractivity contribution in [1.29, 1.82) is 0 Å². The Morgan fingerprint density at radius 2 is 1.48 bits per heavy atom. The van der Waals surface area contributed by atoms with Crippen LogP contribution in [0, 0.1) is 0 Å². The molecule has 3 aliphatic rings. The van der Waals surface area contributed by atoms with Gasteiger partial charge in [0.1, 0.15) is 0 Å². The Balaban J connectivity index is 0.00000228. The van der Waals surface area contributed by atoms with Crippen molar-refractivity contribution in [1.82, 2.24) is 0 Å². The Morgan fingerprint density at radius 3 is 2.27 bits per heavy atom. The maximum atomic E-state index is 13.1. The van der Waals surface area contributed by atoms with Gasteiger partial charge in [0.15, 0.2) is 17.3 Å². The van der Waals surface area contributed by atoms with Gasteiger partial charge in [-0.05, 0) is 47.7 Å². The minimum Gasteiger partial charge on any atom is -0.493 e. The van der Waals surface area contributed by atoms with Crippen LogP contribution in [0.5, 0.6) is 11.5 Å². The Bertz CT molecular complexity index is 1300. The fraction of sp³-hybridized carbons (Fsp3) is 0.286. The Morgan fingerprint density at radius 1 is 0.788 bits per heavy atom. The van der Waals surface area contributed by atoms with E-state index in [9.17, 15) is 4.79 Å². The third kappa shape index (κ3) is 3.27. The van der Waals surface area contributed by atoms with E-state index in [-0.39, 0.29) is 24.2 Å². The SMILES string of the molecule is COc1cc2c(cc1OC)[C@H]1CCCC[C@H]1N=C2c1ccc2c(c1)C(=O)c1ccccc1-2.Cl. The quantitative estimate of drug-likeness (QED) is 0.365. The Kier molecular flexibility index (Phi) is 5.49. The number of rotatable bonds is 3. The number of aliphatic imine (C=N–C) groups is 1. The number of ether oxygens (including phenoxy) is 2. The van der Waals surface area contributed by atoms with Crippen molar-refractivity contribution in [2.45, 2.75) is 37.6 Å². The monoisotopic (exact) mass is 459 g/mol. The van der Waals surface area contributed by atoms with E-state index in [1.807, 2.05) is 30.3 Å². The lowest BCUT2D eigenvalue weighted by molar-refractivity contribution is 0.104. The van der Waals surface area contributed by atoms with Gasteiger partial charge in [-0.3, -0.25) is 9.79 Å². The first-order valence-electron chi connectivity index (χ1n) is 11.3. The lowest BCUT2D eigenvalue weighted by Crippen LogP contribution is -2.29. The van der Waals surface area contributed by atoms with Crippen molar-refractivity contribution in [2.75, 3.05) is 14.2 Å². The van der Waals surface area contributed by atoms with Gasteiger partial charge in [-0.1, -0.05) is 49.2 Å². The van der Waals surface area contributed by atoms with Crippen LogP contribution in [0.3, 0.4) is 0 Å². The van der Waals surface area contributed by atoms with Crippen molar-refractivity contribution in [3.05, 3.63) is 82.4 Å². The standard InChI is InChI=1S/C28H25NO3.ClH/c1-31-25-14-21-19-8-5-6-10-24(19)29-27(22(21)15-26(25)32-2)16-11-12-18-17-7-3-4-9-20(17)28(30)23(18)13-16;/h3-4,7,9,11-15,19,24H,5-6,8,10H2,1-2H3;1H/t19-,24-;/m1./s1. The summed E-state index contributed by atoms with van der Waals surface area (Å²) in [5.41, 5.74) is 7.89. The lowest BCUT2D eigenvalue weighted by atomic mass is 9.75. The molecule has 168 valence electrons. The normalized spacial score (nSPS) is 19.9. The van der Waals surface area contributed by atoms with Crippen LogP contribution in [-0.4, -0.2) is 31.8 Å². The highest BCUT2D eigenvalue weighted by Gasteiger charge is 2.35. The van der Waals surface area contributed by atoms with Crippen molar-refractivity contribution >= 4 is 23.9 Å². The highest BCUT2D eigenvalue weighted by molar-refractivity contribution is 6.23. The lowest BCUT2D eigenvalue weighted by Gasteiger charge is -2.35. The molecule has 0 bridgehead atoms. The number of carbonyl (C=O) groups excluding carboxylic acids is 1. The molecule has 4 nitrogen and oxygen atoms in total. The first kappa shape index (κ1) is 21.7. The van der Waals surface area contributed by atoms with Gasteiger partial charge in [0.25, 0.3) is 0 Å². The molecule has 0 spiro atoms. The summed E-state index contributed by atoms with van der Waals surface area (Å²) in [5, 5.41) is 0. The second-order valence-electron chi connectivity index (χ2n) is 8.87. The minimum absolute atomic E-state index is 0. The van der Waals surface area contributed by atoms with E-state index in [1.54, 1.807) is 14.2 Å². The molecule has 0 amide bonds. The summed E-state index contributed by atoms with van der Waals surface area (Å²) < 4.78 is 11.2. The summed E-state index contributed by atoms with van der Waals surface area (Å²) in [4.78, 5) is 18.4. The molecule has 0 saturated heterocycles. The minimum atomic E-state index is 0. The highest BCUT2D eigenvalue weighted by atomic mass is 35.5. The molecular formula is C28H26ClNO3. The molecule has 2 atom stereocenters. The van der Waals surface area contributed by atoms with E-state index < -0.39 is 0 Å². The van der Waals surface area contributed by atoms with E-state index in [0.29, 0.717) is 11.7 Å². The molecule has 3 aromatic carbocycles. The molecule has 33 heavy (non-hydrogen) atoms. The van der Waals surface area contributed by atoms with Gasteiger partial charge >= 0.3 is 0 Å². The van der Waals surface area contributed by atoms with Crippen molar-refractivity contribution < 1.29 is 14.3 Å². The number of carbonyl (C=O) groups is 1. The van der Waals surface area contributed by atoms with Crippen LogP contribution >= 0.6 is 12.4 Å². The van der Waals surface area contributed by atoms with E-state index in [4.69, 9.17) is 14.5 Å². The third-order valence-corrected chi connectivity index (χ3v) is 7.23. The molecule has 0 N–H and O–H groups in total. The first-order chi connectivity index (χ1) is 15.7. The second-order valence-corrected chi connectivity index (χ2v) is 8.87. The summed E-state index contributed by atoms with van der Waals surface area (Å²) in [7, 11) is 3.35. The number of halogens is 1. The highest BCUT2D eigenvalue weighted by Crippen LogP contribution is 2.45. The maximum absolute atomic E-state index is 13.1. The molecule has 0 radical (unpaired) electrons. The van der Waals surface area contributed by atoms with Gasteiger partial charge in [-0.25, -0.2) is 0 Å². The van der Waals surface area contributed by atoms with Crippen LogP contribution in [0.4, 0.5) is 0 Å². The largest absolute Gasteiger partial charge is 0.493 e. The third-order valence-electron chi connectivity index (χ3n) is 7.23. The smallest absolute Gasteiger partial charge is 0.194 e. The summed E-state index contributed by atoms with van der Waals surface area (Å²) in [6, 6.07) is 18.5. The van der Waals surface area contributed by atoms with Gasteiger partial charge < -0.3 is 9.47 Å². The fourth-order valence-electron chi connectivity index (χ4n) is 5.68. The van der Waals surface area contributed by atoms with Crippen LogP contribution in [0.2, 0.25) is 0 Å². The van der Waals surface area contributed by atoms with Crippen LogP contribution in [0.1, 0.15) is 64.2 Å². The number of fused-ring (bicyclic) bond motifs is 6. The Labute approximate surface area is 200 Å². The summed E-state index contributed by atoms with van der Waals surface area (Å²) in [6.07, 6.45) is 4.67. The molecule has 5 heteroatoms. The fourth-order valence-corrected chi connectivity index (χ4v) is 5.68. The van der Waals surface area contributed by atoms with Gasteiger partial charge in [0, 0.05) is 28.2 Å². The van der Waals surface area contributed by atoms with Gasteiger partial charge in [-0.15, -0.1) is 12.4 Å². The second kappa shape index (κ2) is 8.35. The molecule has 1 aliphatic heterocycles. The summed E-state index contributed by atoms with van der Waals surface area (Å²) in [5.74, 6) is 1.97. The molecule has 1 saturated carbocycles. The molecule has 1 heterocycles. The molecule has 1 fully saturated rings. The Hall–Kier alpha value is -3.11. The molecule has 6 rings (SSSR count). The first-order valence-corrected chi connectivity index (χ1v) is 11.3. The predicted octanol–water partition coefficient (Wildman–Crippen LogP) is 6.21. The number of benzene rings is 3. The van der Waals surface area contributed by atoms with Crippen LogP contribution in [0.25, 0.3) is 11.1 Å². The molecular weight excluding hydrogens is 434 g/mol. The van der Waals surface area contributed by atoms with Crippen LogP contribution in [-0.2, 0) is 0 Å². The summed E-state index contributed by atoms with van der Waals surface area (Å²) >= 11 is 0. The van der Waals surface area contributed by atoms with E-state index in [0.717, 1.165) is 57.7 Å². The number of hydrogen-bond acceptors (Lipinski definition) is 4. The van der Waals surface area contributed by atoms with Crippen molar-refractivity contribution in [2.24, 2.45) is 4.99 Å². The van der Waals surface area contributed by atoms with Crippen LogP contribution < -0.4 is 9.47 Å². The zero-order valence-corrected chi connectivity index (χ0v) is 19.6. The van der Waals surface area contributed by atoms with Crippen molar-refractivity contribution in [3.63, 3.8) is 0 Å². The van der Waals surface area contributed by atoms with Crippen molar-refractivity contribution in [3.8, 4) is 22.6 Å². The maximum Gasteiger partial charge on any atom is 0.194 e.